The van der Waals surface area contributed by atoms with E-state index >= 15 is 0 Å². The highest BCUT2D eigenvalue weighted by atomic mass is 16.5. The highest BCUT2D eigenvalue weighted by Gasteiger charge is 2.14. The van der Waals surface area contributed by atoms with E-state index in [1.165, 1.54) is 0 Å². The monoisotopic (exact) mass is 340 g/mol. The Bertz CT molecular complexity index is 752. The zero-order valence-corrected chi connectivity index (χ0v) is 15.1. The zero-order valence-electron chi connectivity index (χ0n) is 15.1. The van der Waals surface area contributed by atoms with Crippen molar-refractivity contribution in [2.45, 2.75) is 40.3 Å². The SMILES string of the molecule is Cc1ccc(C)c(NC(=O)C(=O)NCc2ccc(OC(C)C)cc2)c1. The normalized spacial score (nSPS) is 10.4. The van der Waals surface area contributed by atoms with E-state index in [9.17, 15) is 9.59 Å². The molecule has 132 valence electrons. The predicted molar refractivity (Wildman–Crippen MR) is 98.6 cm³/mol. The first-order valence-electron chi connectivity index (χ1n) is 8.27. The van der Waals surface area contributed by atoms with Gasteiger partial charge in [-0.3, -0.25) is 9.59 Å². The Morgan fingerprint density at radius 2 is 1.68 bits per heavy atom. The third-order valence-electron chi connectivity index (χ3n) is 3.60. The van der Waals surface area contributed by atoms with E-state index in [2.05, 4.69) is 10.6 Å². The summed E-state index contributed by atoms with van der Waals surface area (Å²) >= 11 is 0. The molecule has 0 saturated carbocycles. The second kappa shape index (κ2) is 8.33. The first-order chi connectivity index (χ1) is 11.8. The molecule has 0 spiro atoms. The van der Waals surface area contributed by atoms with Crippen LogP contribution in [0.3, 0.4) is 0 Å². The smallest absolute Gasteiger partial charge is 0.313 e. The van der Waals surface area contributed by atoms with Crippen LogP contribution in [0.5, 0.6) is 5.75 Å². The number of ether oxygens (including phenoxy) is 1. The second-order valence-corrected chi connectivity index (χ2v) is 6.27. The number of hydrogen-bond donors (Lipinski definition) is 2. The van der Waals surface area contributed by atoms with Gasteiger partial charge in [-0.15, -0.1) is 0 Å². The lowest BCUT2D eigenvalue weighted by molar-refractivity contribution is -0.136. The summed E-state index contributed by atoms with van der Waals surface area (Å²) in [5, 5.41) is 5.27. The molecule has 2 amide bonds. The van der Waals surface area contributed by atoms with E-state index in [4.69, 9.17) is 4.74 Å². The molecule has 0 bridgehead atoms. The fraction of sp³-hybridized carbons (Fsp3) is 0.300. The Hall–Kier alpha value is -2.82. The van der Waals surface area contributed by atoms with Crippen LogP contribution in [0.4, 0.5) is 5.69 Å². The molecule has 0 saturated heterocycles. The van der Waals surface area contributed by atoms with E-state index in [0.29, 0.717) is 5.69 Å². The molecular formula is C20H24N2O3. The predicted octanol–water partition coefficient (Wildman–Crippen LogP) is 3.35. The lowest BCUT2D eigenvalue weighted by atomic mass is 10.1. The minimum absolute atomic E-state index is 0.110. The van der Waals surface area contributed by atoms with Gasteiger partial charge < -0.3 is 15.4 Å². The van der Waals surface area contributed by atoms with Crippen molar-refractivity contribution >= 4 is 17.5 Å². The van der Waals surface area contributed by atoms with Crippen molar-refractivity contribution < 1.29 is 14.3 Å². The number of carbonyl (C=O) groups is 2. The summed E-state index contributed by atoms with van der Waals surface area (Å²) in [4.78, 5) is 24.0. The summed E-state index contributed by atoms with van der Waals surface area (Å²) in [5.74, 6) is -0.561. The first kappa shape index (κ1) is 18.5. The minimum atomic E-state index is -0.673. The first-order valence-corrected chi connectivity index (χ1v) is 8.27. The molecule has 0 fully saturated rings. The van der Waals surface area contributed by atoms with Gasteiger partial charge in [0.15, 0.2) is 0 Å². The van der Waals surface area contributed by atoms with E-state index in [1.807, 2.05) is 70.2 Å². The standard InChI is InChI=1S/C20H24N2O3/c1-13(2)25-17-9-7-16(8-10-17)12-21-19(23)20(24)22-18-11-14(3)5-6-15(18)4/h5-11,13H,12H2,1-4H3,(H,21,23)(H,22,24). The van der Waals surface area contributed by atoms with Crippen LogP contribution in [0.15, 0.2) is 42.5 Å². The molecule has 0 unspecified atom stereocenters. The van der Waals surface area contributed by atoms with Gasteiger partial charge in [0.05, 0.1) is 6.10 Å². The van der Waals surface area contributed by atoms with Gasteiger partial charge in [-0.05, 0) is 62.6 Å². The largest absolute Gasteiger partial charge is 0.491 e. The van der Waals surface area contributed by atoms with E-state index < -0.39 is 11.8 Å². The number of aryl methyl sites for hydroxylation is 2. The molecule has 25 heavy (non-hydrogen) atoms. The molecule has 5 nitrogen and oxygen atoms in total. The van der Waals surface area contributed by atoms with Crippen LogP contribution in [0, 0.1) is 13.8 Å². The van der Waals surface area contributed by atoms with Crippen molar-refractivity contribution in [2.24, 2.45) is 0 Å². The zero-order chi connectivity index (χ0) is 18.4. The minimum Gasteiger partial charge on any atom is -0.491 e. The molecule has 2 N–H and O–H groups in total. The maximum atomic E-state index is 12.0. The summed E-state index contributed by atoms with van der Waals surface area (Å²) in [6.07, 6.45) is 0.110. The lowest BCUT2D eigenvalue weighted by Crippen LogP contribution is -2.35. The van der Waals surface area contributed by atoms with Crippen LogP contribution in [0.25, 0.3) is 0 Å². The number of rotatable bonds is 5. The molecule has 2 rings (SSSR count). The Labute approximate surface area is 148 Å². The number of carbonyl (C=O) groups excluding carboxylic acids is 2. The third kappa shape index (κ3) is 5.64. The Morgan fingerprint density at radius 3 is 2.32 bits per heavy atom. The topological polar surface area (TPSA) is 67.4 Å². The van der Waals surface area contributed by atoms with Crippen molar-refractivity contribution in [2.75, 3.05) is 5.32 Å². The van der Waals surface area contributed by atoms with Crippen LogP contribution in [-0.4, -0.2) is 17.9 Å². The van der Waals surface area contributed by atoms with Gasteiger partial charge >= 0.3 is 11.8 Å². The average molecular weight is 340 g/mol. The molecule has 2 aromatic carbocycles. The number of amides is 2. The summed E-state index contributed by atoms with van der Waals surface area (Å²) in [6.45, 7) is 8.02. The Morgan fingerprint density at radius 1 is 1.00 bits per heavy atom. The van der Waals surface area contributed by atoms with E-state index in [0.717, 1.165) is 22.4 Å². The van der Waals surface area contributed by atoms with Crippen molar-refractivity contribution in [1.29, 1.82) is 0 Å². The Kier molecular flexibility index (Phi) is 6.17. The molecular weight excluding hydrogens is 316 g/mol. The number of hydrogen-bond acceptors (Lipinski definition) is 3. The highest BCUT2D eigenvalue weighted by molar-refractivity contribution is 6.39. The van der Waals surface area contributed by atoms with Gasteiger partial charge in [0.2, 0.25) is 0 Å². The summed E-state index contributed by atoms with van der Waals surface area (Å²) in [6, 6.07) is 13.1. The van der Waals surface area contributed by atoms with Crippen LogP contribution >= 0.6 is 0 Å². The van der Waals surface area contributed by atoms with Crippen LogP contribution in [0.2, 0.25) is 0 Å². The highest BCUT2D eigenvalue weighted by Crippen LogP contribution is 2.16. The van der Waals surface area contributed by atoms with Gasteiger partial charge in [-0.1, -0.05) is 24.3 Å². The average Bonchev–Trinajstić information content (AvgIpc) is 2.56. The second-order valence-electron chi connectivity index (χ2n) is 6.27. The van der Waals surface area contributed by atoms with Crippen LogP contribution < -0.4 is 15.4 Å². The summed E-state index contributed by atoms with van der Waals surface area (Å²) in [5.41, 5.74) is 3.47. The number of anilines is 1. The molecule has 0 aliphatic carbocycles. The van der Waals surface area contributed by atoms with Gasteiger partial charge in [-0.25, -0.2) is 0 Å². The molecule has 0 radical (unpaired) electrons. The van der Waals surface area contributed by atoms with Gasteiger partial charge in [0, 0.05) is 12.2 Å². The number of nitrogens with one attached hydrogen (secondary N) is 2. The van der Waals surface area contributed by atoms with Gasteiger partial charge in [-0.2, -0.15) is 0 Å². The van der Waals surface area contributed by atoms with Gasteiger partial charge in [0.25, 0.3) is 0 Å². The van der Waals surface area contributed by atoms with Crippen molar-refractivity contribution in [1.82, 2.24) is 5.32 Å². The molecule has 2 aromatic rings. The summed E-state index contributed by atoms with van der Waals surface area (Å²) in [7, 11) is 0. The maximum Gasteiger partial charge on any atom is 0.313 e. The molecule has 0 aromatic heterocycles. The maximum absolute atomic E-state index is 12.0. The summed E-state index contributed by atoms with van der Waals surface area (Å²) < 4.78 is 5.57. The van der Waals surface area contributed by atoms with Gasteiger partial charge in [0.1, 0.15) is 5.75 Å². The molecule has 0 heterocycles. The number of benzene rings is 2. The van der Waals surface area contributed by atoms with Crippen molar-refractivity contribution in [3.8, 4) is 5.75 Å². The molecule has 5 heteroatoms. The Balaban J connectivity index is 1.89. The van der Waals surface area contributed by atoms with Crippen molar-refractivity contribution in [3.05, 3.63) is 59.2 Å². The van der Waals surface area contributed by atoms with E-state index in [-0.39, 0.29) is 12.6 Å². The lowest BCUT2D eigenvalue weighted by Gasteiger charge is -2.11. The van der Waals surface area contributed by atoms with Crippen LogP contribution in [-0.2, 0) is 16.1 Å². The van der Waals surface area contributed by atoms with Crippen molar-refractivity contribution in [3.63, 3.8) is 0 Å². The quantitative estimate of drug-likeness (QED) is 0.820. The fourth-order valence-corrected chi connectivity index (χ4v) is 2.27. The van der Waals surface area contributed by atoms with E-state index in [1.54, 1.807) is 0 Å². The molecule has 0 aliphatic heterocycles. The third-order valence-corrected chi connectivity index (χ3v) is 3.60. The fourth-order valence-electron chi connectivity index (χ4n) is 2.27. The molecule has 0 aliphatic rings. The van der Waals surface area contributed by atoms with Crippen LogP contribution in [0.1, 0.15) is 30.5 Å². The molecule has 0 atom stereocenters.